The molecule has 0 heterocycles. The molecule has 142 valence electrons. The first-order valence-corrected chi connectivity index (χ1v) is 9.01. The quantitative estimate of drug-likeness (QED) is 0.650. The van der Waals surface area contributed by atoms with Crippen molar-refractivity contribution >= 4 is 23.4 Å². The Labute approximate surface area is 167 Å². The van der Waals surface area contributed by atoms with E-state index in [4.69, 9.17) is 27.8 Å². The summed E-state index contributed by atoms with van der Waals surface area (Å²) >= 11 is 6.32. The van der Waals surface area contributed by atoms with Crippen molar-refractivity contribution in [1.29, 1.82) is 0 Å². The number of hydrogen-bond acceptors (Lipinski definition) is 3. The number of amides is 2. The summed E-state index contributed by atoms with van der Waals surface area (Å²) in [5, 5.41) is -0.0847. The highest BCUT2D eigenvalue weighted by Crippen LogP contribution is 2.41. The lowest BCUT2D eigenvalue weighted by molar-refractivity contribution is 0.0999. The third-order valence-electron chi connectivity index (χ3n) is 4.37. The first-order valence-electron chi connectivity index (χ1n) is 8.63. The molecule has 0 saturated carbocycles. The van der Waals surface area contributed by atoms with Crippen LogP contribution in [0.2, 0.25) is 5.02 Å². The van der Waals surface area contributed by atoms with E-state index in [1.807, 2.05) is 67.6 Å². The summed E-state index contributed by atoms with van der Waals surface area (Å²) in [6.07, 6.45) is -0.355. The molecule has 0 spiro atoms. The number of rotatable bonds is 6. The number of benzene rings is 3. The number of carbonyl (C=O) groups is 2. The zero-order chi connectivity index (χ0) is 20.3. The van der Waals surface area contributed by atoms with Gasteiger partial charge in [-0.15, -0.1) is 0 Å². The van der Waals surface area contributed by atoms with E-state index >= 15 is 0 Å². The average molecular weight is 395 g/mol. The largest absolute Gasteiger partial charge is 0.485 e. The average Bonchev–Trinajstić information content (AvgIpc) is 2.69. The van der Waals surface area contributed by atoms with Crippen LogP contribution in [0.15, 0.2) is 66.7 Å². The van der Waals surface area contributed by atoms with Crippen molar-refractivity contribution in [2.24, 2.45) is 11.5 Å². The van der Waals surface area contributed by atoms with E-state index in [1.165, 1.54) is 6.07 Å². The van der Waals surface area contributed by atoms with Crippen LogP contribution in [-0.4, -0.2) is 11.8 Å². The Morgan fingerprint density at radius 2 is 1.50 bits per heavy atom. The Morgan fingerprint density at radius 3 is 2.04 bits per heavy atom. The van der Waals surface area contributed by atoms with Crippen molar-refractivity contribution in [3.8, 4) is 16.9 Å². The van der Waals surface area contributed by atoms with Crippen molar-refractivity contribution < 1.29 is 14.3 Å². The van der Waals surface area contributed by atoms with E-state index in [2.05, 4.69) is 0 Å². The van der Waals surface area contributed by atoms with Crippen LogP contribution in [0.3, 0.4) is 0 Å². The van der Waals surface area contributed by atoms with Crippen LogP contribution in [0.1, 0.15) is 39.3 Å². The fraction of sp³-hybridized carbons (Fsp3) is 0.0909. The van der Waals surface area contributed by atoms with Gasteiger partial charge in [0, 0.05) is 5.56 Å². The van der Waals surface area contributed by atoms with E-state index < -0.39 is 11.8 Å². The lowest BCUT2D eigenvalue weighted by atomic mass is 9.95. The van der Waals surface area contributed by atoms with Crippen LogP contribution in [0.25, 0.3) is 11.1 Å². The van der Waals surface area contributed by atoms with E-state index in [1.54, 1.807) is 0 Å². The Kier molecular flexibility index (Phi) is 5.66. The molecule has 3 aromatic carbocycles. The number of carbonyl (C=O) groups excluding carboxylic acids is 2. The molecule has 0 saturated heterocycles. The van der Waals surface area contributed by atoms with Gasteiger partial charge in [0.2, 0.25) is 5.91 Å². The predicted molar refractivity (Wildman–Crippen MR) is 109 cm³/mol. The van der Waals surface area contributed by atoms with Gasteiger partial charge in [-0.25, -0.2) is 0 Å². The molecule has 0 bridgehead atoms. The standard InChI is InChI=1S/C22H19ClN2O3/c1-13(14-8-4-2-5-9-14)28-17-12-16(21(24)26)20(23)19(22(25)27)18(17)15-10-6-3-7-11-15/h2-13H,1H3,(H2,24,26)(H2,25,27). The zero-order valence-electron chi connectivity index (χ0n) is 15.2. The monoisotopic (exact) mass is 394 g/mol. The molecule has 4 N–H and O–H groups in total. The maximum absolute atomic E-state index is 12.2. The highest BCUT2D eigenvalue weighted by molar-refractivity contribution is 6.38. The summed E-state index contributed by atoms with van der Waals surface area (Å²) < 4.78 is 6.15. The summed E-state index contributed by atoms with van der Waals surface area (Å²) in [6, 6.07) is 20.1. The Bertz CT molecular complexity index is 1020. The Balaban J connectivity index is 2.24. The van der Waals surface area contributed by atoms with Crippen LogP contribution < -0.4 is 16.2 Å². The van der Waals surface area contributed by atoms with Crippen molar-refractivity contribution in [2.45, 2.75) is 13.0 Å². The molecule has 0 aliphatic rings. The SMILES string of the molecule is CC(Oc1cc(C(N)=O)c(Cl)c(C(N)=O)c1-c1ccccc1)c1ccccc1. The summed E-state index contributed by atoms with van der Waals surface area (Å²) in [6.45, 7) is 1.87. The van der Waals surface area contributed by atoms with Gasteiger partial charge < -0.3 is 16.2 Å². The van der Waals surface area contributed by atoms with Gasteiger partial charge in [0.15, 0.2) is 0 Å². The molecule has 0 aliphatic carbocycles. The molecule has 3 rings (SSSR count). The number of primary amides is 2. The molecule has 0 aliphatic heterocycles. The first-order chi connectivity index (χ1) is 13.4. The second-order valence-electron chi connectivity index (χ2n) is 6.25. The number of halogens is 1. The normalized spacial score (nSPS) is 11.6. The molecule has 2 amide bonds. The van der Waals surface area contributed by atoms with Crippen LogP contribution in [0.5, 0.6) is 5.75 Å². The van der Waals surface area contributed by atoms with E-state index in [0.717, 1.165) is 5.56 Å². The summed E-state index contributed by atoms with van der Waals surface area (Å²) in [7, 11) is 0. The van der Waals surface area contributed by atoms with Gasteiger partial charge in [0.25, 0.3) is 5.91 Å². The van der Waals surface area contributed by atoms with Gasteiger partial charge in [0.05, 0.1) is 16.1 Å². The summed E-state index contributed by atoms with van der Waals surface area (Å²) in [4.78, 5) is 24.1. The predicted octanol–water partition coefficient (Wildman–Crippen LogP) is 4.34. The fourth-order valence-electron chi connectivity index (χ4n) is 3.01. The van der Waals surface area contributed by atoms with Gasteiger partial charge in [-0.2, -0.15) is 0 Å². The Hall–Kier alpha value is -3.31. The van der Waals surface area contributed by atoms with Gasteiger partial charge in [0.1, 0.15) is 11.9 Å². The van der Waals surface area contributed by atoms with Gasteiger partial charge in [-0.3, -0.25) is 9.59 Å². The fourth-order valence-corrected chi connectivity index (χ4v) is 3.35. The number of hydrogen-bond donors (Lipinski definition) is 2. The summed E-state index contributed by atoms with van der Waals surface area (Å²) in [5.41, 5.74) is 13.1. The summed E-state index contributed by atoms with van der Waals surface area (Å²) in [5.74, 6) is -1.25. The second kappa shape index (κ2) is 8.15. The third kappa shape index (κ3) is 3.85. The topological polar surface area (TPSA) is 95.4 Å². The highest BCUT2D eigenvalue weighted by atomic mass is 35.5. The van der Waals surface area contributed by atoms with Crippen molar-refractivity contribution in [1.82, 2.24) is 0 Å². The Morgan fingerprint density at radius 1 is 0.929 bits per heavy atom. The van der Waals surface area contributed by atoms with Crippen molar-refractivity contribution in [3.63, 3.8) is 0 Å². The smallest absolute Gasteiger partial charge is 0.251 e. The number of nitrogens with two attached hydrogens (primary N) is 2. The van der Waals surface area contributed by atoms with E-state index in [9.17, 15) is 9.59 Å². The van der Waals surface area contributed by atoms with Gasteiger partial charge >= 0.3 is 0 Å². The van der Waals surface area contributed by atoms with E-state index in [-0.39, 0.29) is 22.3 Å². The molecule has 0 aromatic heterocycles. The molecular formula is C22H19ClN2O3. The maximum Gasteiger partial charge on any atom is 0.251 e. The van der Waals surface area contributed by atoms with Crippen LogP contribution in [0.4, 0.5) is 0 Å². The lowest BCUT2D eigenvalue weighted by Crippen LogP contribution is -2.19. The lowest BCUT2D eigenvalue weighted by Gasteiger charge is -2.21. The van der Waals surface area contributed by atoms with Crippen LogP contribution >= 0.6 is 11.6 Å². The second-order valence-corrected chi connectivity index (χ2v) is 6.63. The van der Waals surface area contributed by atoms with E-state index in [0.29, 0.717) is 16.9 Å². The third-order valence-corrected chi connectivity index (χ3v) is 4.77. The minimum atomic E-state index is -0.774. The molecular weight excluding hydrogens is 376 g/mol. The minimum Gasteiger partial charge on any atom is -0.485 e. The highest BCUT2D eigenvalue weighted by Gasteiger charge is 2.25. The molecule has 3 aromatic rings. The molecule has 6 heteroatoms. The van der Waals surface area contributed by atoms with Crippen LogP contribution in [-0.2, 0) is 0 Å². The molecule has 1 unspecified atom stereocenters. The molecule has 0 radical (unpaired) electrons. The molecule has 1 atom stereocenters. The first kappa shape index (κ1) is 19.5. The molecule has 0 fully saturated rings. The van der Waals surface area contributed by atoms with Crippen LogP contribution in [0, 0.1) is 0 Å². The molecule has 28 heavy (non-hydrogen) atoms. The van der Waals surface area contributed by atoms with Crippen molar-refractivity contribution in [3.05, 3.63) is 88.4 Å². The minimum absolute atomic E-state index is 0.000529. The van der Waals surface area contributed by atoms with Crippen molar-refractivity contribution in [2.75, 3.05) is 0 Å². The molecule has 5 nitrogen and oxygen atoms in total. The number of ether oxygens (including phenoxy) is 1. The van der Waals surface area contributed by atoms with Gasteiger partial charge in [-0.05, 0) is 24.1 Å². The maximum atomic E-state index is 12.2. The van der Waals surface area contributed by atoms with Gasteiger partial charge in [-0.1, -0.05) is 72.3 Å². The zero-order valence-corrected chi connectivity index (χ0v) is 15.9.